The van der Waals surface area contributed by atoms with Crippen molar-refractivity contribution in [1.82, 2.24) is 9.13 Å². The van der Waals surface area contributed by atoms with Gasteiger partial charge >= 0.3 is 11.7 Å². The fraction of sp³-hybridized carbons (Fsp3) is 0.286. The van der Waals surface area contributed by atoms with Gasteiger partial charge in [0.1, 0.15) is 0 Å². The Labute approximate surface area is 119 Å². The molecule has 0 aliphatic carbocycles. The molecule has 0 amide bonds. The number of hydrogen-bond donors (Lipinski definition) is 0. The summed E-state index contributed by atoms with van der Waals surface area (Å²) in [6.45, 7) is 0. The Kier molecular flexibility index (Phi) is 3.75. The van der Waals surface area contributed by atoms with Crippen LogP contribution < -0.4 is 5.69 Å². The lowest BCUT2D eigenvalue weighted by Crippen LogP contribution is -2.19. The third kappa shape index (κ3) is 2.49. The first-order chi connectivity index (χ1) is 9.86. The summed E-state index contributed by atoms with van der Waals surface area (Å²) in [7, 11) is 4.31. The van der Waals surface area contributed by atoms with Crippen LogP contribution in [0, 0.1) is 0 Å². The van der Waals surface area contributed by atoms with E-state index in [1.807, 2.05) is 0 Å². The van der Waals surface area contributed by atoms with Crippen LogP contribution in [0.3, 0.4) is 0 Å². The number of carbonyl (C=O) groups excluding carboxylic acids is 3. The van der Waals surface area contributed by atoms with Crippen LogP contribution >= 0.6 is 0 Å². The first-order valence-electron chi connectivity index (χ1n) is 6.16. The molecule has 1 aromatic heterocycles. The highest BCUT2D eigenvalue weighted by molar-refractivity contribution is 6.38. The molecule has 7 nitrogen and oxygen atoms in total. The van der Waals surface area contributed by atoms with E-state index in [0.29, 0.717) is 11.0 Å². The number of methoxy groups -OCH3 is 1. The number of rotatable bonds is 4. The second-order valence-electron chi connectivity index (χ2n) is 4.62. The van der Waals surface area contributed by atoms with Crippen molar-refractivity contribution in [2.24, 2.45) is 14.1 Å². The molecule has 0 radical (unpaired) electrons. The van der Waals surface area contributed by atoms with Crippen LogP contribution in [-0.4, -0.2) is 33.8 Å². The molecule has 0 atom stereocenters. The van der Waals surface area contributed by atoms with Gasteiger partial charge in [-0.25, -0.2) is 9.59 Å². The van der Waals surface area contributed by atoms with Gasteiger partial charge in [0.2, 0.25) is 5.78 Å². The molecule has 0 fully saturated rings. The van der Waals surface area contributed by atoms with E-state index in [9.17, 15) is 19.2 Å². The van der Waals surface area contributed by atoms with Gasteiger partial charge < -0.3 is 4.74 Å². The Hall–Kier alpha value is -2.70. The number of esters is 1. The zero-order chi connectivity index (χ0) is 15.7. The highest BCUT2D eigenvalue weighted by Gasteiger charge is 2.20. The molecule has 1 heterocycles. The van der Waals surface area contributed by atoms with Crippen molar-refractivity contribution in [3.05, 3.63) is 34.2 Å². The molecular weight excluding hydrogens is 276 g/mol. The Morgan fingerprint density at radius 3 is 2.33 bits per heavy atom. The zero-order valence-corrected chi connectivity index (χ0v) is 11.9. The van der Waals surface area contributed by atoms with Gasteiger partial charge in [-0.15, -0.1) is 0 Å². The molecule has 0 aliphatic heterocycles. The Bertz CT molecular complexity index is 813. The Morgan fingerprint density at radius 2 is 1.71 bits per heavy atom. The van der Waals surface area contributed by atoms with Crippen LogP contribution in [0.2, 0.25) is 0 Å². The molecule has 2 rings (SSSR count). The fourth-order valence-electron chi connectivity index (χ4n) is 2.11. The zero-order valence-electron chi connectivity index (χ0n) is 11.9. The number of nitrogens with zero attached hydrogens (tertiary/aromatic N) is 2. The number of benzene rings is 1. The van der Waals surface area contributed by atoms with Crippen molar-refractivity contribution in [3.63, 3.8) is 0 Å². The lowest BCUT2D eigenvalue weighted by Gasteiger charge is -2.02. The number of ether oxygens (including phenoxy) is 1. The quantitative estimate of drug-likeness (QED) is 0.347. The summed E-state index contributed by atoms with van der Waals surface area (Å²) < 4.78 is 7.14. The summed E-state index contributed by atoms with van der Waals surface area (Å²) in [6, 6.07) is 4.69. The average Bonchev–Trinajstić information content (AvgIpc) is 2.70. The standard InChI is InChI=1S/C14H14N2O5/c1-15-9-5-4-8(6-10(9)16(2)14(15)20)11(17)7-12(18)13(19)21-3/h4-6H,7H2,1-3H3. The summed E-state index contributed by atoms with van der Waals surface area (Å²) in [5, 5.41) is 0. The maximum absolute atomic E-state index is 12.0. The molecular formula is C14H14N2O5. The van der Waals surface area contributed by atoms with Crippen LogP contribution in [0.25, 0.3) is 11.0 Å². The van der Waals surface area contributed by atoms with E-state index in [-0.39, 0.29) is 11.3 Å². The monoisotopic (exact) mass is 290 g/mol. The van der Waals surface area contributed by atoms with E-state index in [2.05, 4.69) is 4.74 Å². The molecule has 1 aromatic carbocycles. The van der Waals surface area contributed by atoms with E-state index < -0.39 is 24.0 Å². The minimum Gasteiger partial charge on any atom is -0.463 e. The molecule has 0 saturated carbocycles. The third-order valence-electron chi connectivity index (χ3n) is 3.33. The van der Waals surface area contributed by atoms with Crippen LogP contribution in [0.5, 0.6) is 0 Å². The van der Waals surface area contributed by atoms with E-state index in [0.717, 1.165) is 7.11 Å². The number of hydrogen-bond acceptors (Lipinski definition) is 5. The molecule has 0 aliphatic rings. The molecule has 21 heavy (non-hydrogen) atoms. The lowest BCUT2D eigenvalue weighted by molar-refractivity contribution is -0.151. The molecule has 0 bridgehead atoms. The number of ketones is 2. The maximum atomic E-state index is 12.0. The number of carbonyl (C=O) groups is 3. The van der Waals surface area contributed by atoms with Crippen LogP contribution in [0.1, 0.15) is 16.8 Å². The second kappa shape index (κ2) is 5.35. The predicted octanol–water partition coefficient (Wildman–Crippen LogP) is 0.192. The number of Topliss-reactive ketones (excluding diaryl/α,β-unsaturated/α-hetero) is 2. The van der Waals surface area contributed by atoms with Crippen molar-refractivity contribution < 1.29 is 19.1 Å². The number of aromatic nitrogens is 2. The number of fused-ring (bicyclic) bond motifs is 1. The summed E-state index contributed by atoms with van der Waals surface area (Å²) in [4.78, 5) is 46.2. The predicted molar refractivity (Wildman–Crippen MR) is 74.1 cm³/mol. The van der Waals surface area contributed by atoms with Crippen molar-refractivity contribution in [2.45, 2.75) is 6.42 Å². The van der Waals surface area contributed by atoms with Crippen LogP contribution in [0.4, 0.5) is 0 Å². The van der Waals surface area contributed by atoms with Gasteiger partial charge in [-0.3, -0.25) is 18.7 Å². The molecule has 0 unspecified atom stereocenters. The average molecular weight is 290 g/mol. The van der Waals surface area contributed by atoms with Gasteiger partial charge in [-0.05, 0) is 18.2 Å². The normalized spacial score (nSPS) is 10.6. The number of imidazole rings is 1. The van der Waals surface area contributed by atoms with Crippen LogP contribution in [0.15, 0.2) is 23.0 Å². The first-order valence-corrected chi connectivity index (χ1v) is 6.16. The van der Waals surface area contributed by atoms with Gasteiger partial charge in [0.15, 0.2) is 5.78 Å². The smallest absolute Gasteiger partial charge is 0.374 e. The van der Waals surface area contributed by atoms with Crippen molar-refractivity contribution >= 4 is 28.6 Å². The second-order valence-corrected chi connectivity index (χ2v) is 4.62. The van der Waals surface area contributed by atoms with Gasteiger partial charge in [0, 0.05) is 19.7 Å². The Balaban J connectivity index is 2.37. The minimum atomic E-state index is -1.04. The van der Waals surface area contributed by atoms with Gasteiger partial charge in [-0.2, -0.15) is 0 Å². The SMILES string of the molecule is COC(=O)C(=O)CC(=O)c1ccc2c(c1)n(C)c(=O)n2C. The maximum Gasteiger partial charge on any atom is 0.374 e. The molecule has 0 N–H and O–H groups in total. The van der Waals surface area contributed by atoms with Gasteiger partial charge in [0.25, 0.3) is 0 Å². The number of aryl methyl sites for hydroxylation is 2. The lowest BCUT2D eigenvalue weighted by atomic mass is 10.1. The molecule has 0 saturated heterocycles. The third-order valence-corrected chi connectivity index (χ3v) is 3.33. The first kappa shape index (κ1) is 14.7. The van der Waals surface area contributed by atoms with Crippen molar-refractivity contribution in [3.8, 4) is 0 Å². The van der Waals surface area contributed by atoms with Gasteiger partial charge in [-0.1, -0.05) is 0 Å². The highest BCUT2D eigenvalue weighted by atomic mass is 16.5. The molecule has 2 aromatic rings. The van der Waals surface area contributed by atoms with Crippen LogP contribution in [-0.2, 0) is 28.4 Å². The van der Waals surface area contributed by atoms with E-state index in [4.69, 9.17) is 0 Å². The molecule has 0 spiro atoms. The molecule has 7 heteroatoms. The fourth-order valence-corrected chi connectivity index (χ4v) is 2.11. The van der Waals surface area contributed by atoms with Gasteiger partial charge in [0.05, 0.1) is 24.6 Å². The summed E-state index contributed by atoms with van der Waals surface area (Å²) in [5.74, 6) is -2.44. The topological polar surface area (TPSA) is 87.4 Å². The highest BCUT2D eigenvalue weighted by Crippen LogP contribution is 2.15. The Morgan fingerprint density at radius 1 is 1.10 bits per heavy atom. The summed E-state index contributed by atoms with van der Waals surface area (Å²) in [6.07, 6.45) is -0.557. The molecule has 110 valence electrons. The summed E-state index contributed by atoms with van der Waals surface area (Å²) >= 11 is 0. The summed E-state index contributed by atoms with van der Waals surface area (Å²) in [5.41, 5.74) is 1.32. The minimum absolute atomic E-state index is 0.208. The van der Waals surface area contributed by atoms with E-state index in [1.165, 1.54) is 21.3 Å². The van der Waals surface area contributed by atoms with E-state index in [1.54, 1.807) is 20.2 Å². The van der Waals surface area contributed by atoms with E-state index >= 15 is 0 Å². The van der Waals surface area contributed by atoms with Crippen molar-refractivity contribution in [2.75, 3.05) is 7.11 Å². The largest absolute Gasteiger partial charge is 0.463 e. The van der Waals surface area contributed by atoms with Crippen molar-refractivity contribution in [1.29, 1.82) is 0 Å².